The van der Waals surface area contributed by atoms with Crippen LogP contribution in [0.4, 0.5) is 5.82 Å². The smallest absolute Gasteiger partial charge is 0.220 e. The van der Waals surface area contributed by atoms with Gasteiger partial charge < -0.3 is 10.6 Å². The summed E-state index contributed by atoms with van der Waals surface area (Å²) < 4.78 is 0. The zero-order valence-corrected chi connectivity index (χ0v) is 8.60. The molecule has 0 saturated carbocycles. The Labute approximate surface area is 89.1 Å². The van der Waals surface area contributed by atoms with Crippen LogP contribution in [-0.4, -0.2) is 24.0 Å². The number of hydrogen-bond donors (Lipinski definition) is 1. The van der Waals surface area contributed by atoms with E-state index in [1.165, 1.54) is 0 Å². The monoisotopic (exact) mass is 205 g/mol. The maximum atomic E-state index is 11.0. The molecule has 0 atom stereocenters. The summed E-state index contributed by atoms with van der Waals surface area (Å²) in [5.74, 6) is 0.862. The van der Waals surface area contributed by atoms with Crippen molar-refractivity contribution in [1.82, 2.24) is 4.98 Å². The van der Waals surface area contributed by atoms with Crippen molar-refractivity contribution < 1.29 is 4.79 Å². The van der Waals surface area contributed by atoms with Crippen LogP contribution in [0, 0.1) is 5.92 Å². The fraction of sp³-hybridized carbons (Fsp3) is 0.455. The summed E-state index contributed by atoms with van der Waals surface area (Å²) in [6.45, 7) is 1.73. The SMILES string of the molecule is NC(=O)C1CCN(c2ccccn2)CC1. The first-order valence-corrected chi connectivity index (χ1v) is 5.22. The van der Waals surface area contributed by atoms with Crippen LogP contribution in [-0.2, 0) is 4.79 Å². The number of nitrogens with two attached hydrogens (primary N) is 1. The molecule has 1 aromatic rings. The largest absolute Gasteiger partial charge is 0.369 e. The van der Waals surface area contributed by atoms with Crippen LogP contribution in [0.2, 0.25) is 0 Å². The average Bonchev–Trinajstić information content (AvgIpc) is 2.30. The van der Waals surface area contributed by atoms with Gasteiger partial charge in [-0.25, -0.2) is 4.98 Å². The predicted octanol–water partition coefficient (Wildman–Crippen LogP) is 0.783. The summed E-state index contributed by atoms with van der Waals surface area (Å²) in [5, 5.41) is 0. The van der Waals surface area contributed by atoms with E-state index in [1.807, 2.05) is 18.2 Å². The first kappa shape index (κ1) is 9.96. The number of piperidine rings is 1. The number of primary amides is 1. The third-order valence-electron chi connectivity index (χ3n) is 2.87. The zero-order chi connectivity index (χ0) is 10.7. The van der Waals surface area contributed by atoms with Gasteiger partial charge in [0.1, 0.15) is 5.82 Å². The van der Waals surface area contributed by atoms with Crippen molar-refractivity contribution in [2.45, 2.75) is 12.8 Å². The number of carbonyl (C=O) groups is 1. The van der Waals surface area contributed by atoms with Crippen LogP contribution in [0.5, 0.6) is 0 Å². The second-order valence-electron chi connectivity index (χ2n) is 3.85. The minimum Gasteiger partial charge on any atom is -0.369 e. The predicted molar refractivity (Wildman–Crippen MR) is 58.4 cm³/mol. The van der Waals surface area contributed by atoms with Crippen molar-refractivity contribution >= 4 is 11.7 Å². The highest BCUT2D eigenvalue weighted by atomic mass is 16.1. The molecule has 4 heteroatoms. The number of carbonyl (C=O) groups excluding carboxylic acids is 1. The molecule has 2 heterocycles. The van der Waals surface area contributed by atoms with E-state index in [0.29, 0.717) is 0 Å². The molecule has 0 aliphatic carbocycles. The number of pyridine rings is 1. The summed E-state index contributed by atoms with van der Waals surface area (Å²) in [6, 6.07) is 5.87. The first-order chi connectivity index (χ1) is 7.27. The van der Waals surface area contributed by atoms with E-state index in [2.05, 4.69) is 9.88 Å². The Morgan fingerprint density at radius 3 is 2.67 bits per heavy atom. The van der Waals surface area contributed by atoms with Crippen molar-refractivity contribution in [2.24, 2.45) is 11.7 Å². The van der Waals surface area contributed by atoms with E-state index in [0.717, 1.165) is 31.7 Å². The second-order valence-corrected chi connectivity index (χ2v) is 3.85. The topological polar surface area (TPSA) is 59.2 Å². The van der Waals surface area contributed by atoms with Crippen molar-refractivity contribution in [3.8, 4) is 0 Å². The molecule has 1 amide bonds. The molecule has 80 valence electrons. The summed E-state index contributed by atoms with van der Waals surface area (Å²) in [7, 11) is 0. The van der Waals surface area contributed by atoms with Gasteiger partial charge in [0.05, 0.1) is 0 Å². The Morgan fingerprint density at radius 2 is 2.13 bits per heavy atom. The molecule has 1 aliphatic heterocycles. The molecule has 15 heavy (non-hydrogen) atoms. The molecule has 1 saturated heterocycles. The Balaban J connectivity index is 1.97. The normalized spacial score (nSPS) is 17.7. The van der Waals surface area contributed by atoms with Crippen molar-refractivity contribution in [3.63, 3.8) is 0 Å². The highest BCUT2D eigenvalue weighted by Crippen LogP contribution is 2.20. The van der Waals surface area contributed by atoms with Crippen molar-refractivity contribution in [3.05, 3.63) is 24.4 Å². The number of amides is 1. The van der Waals surface area contributed by atoms with Gasteiger partial charge in [-0.2, -0.15) is 0 Å². The van der Waals surface area contributed by atoms with E-state index in [4.69, 9.17) is 5.73 Å². The van der Waals surface area contributed by atoms with Gasteiger partial charge in [0.15, 0.2) is 0 Å². The van der Waals surface area contributed by atoms with E-state index >= 15 is 0 Å². The number of anilines is 1. The molecule has 1 fully saturated rings. The van der Waals surface area contributed by atoms with E-state index in [1.54, 1.807) is 6.20 Å². The highest BCUT2D eigenvalue weighted by molar-refractivity contribution is 5.76. The Hall–Kier alpha value is -1.58. The molecule has 1 aromatic heterocycles. The second kappa shape index (κ2) is 4.29. The van der Waals surface area contributed by atoms with Gasteiger partial charge in [0.2, 0.25) is 5.91 Å². The lowest BCUT2D eigenvalue weighted by atomic mass is 9.96. The van der Waals surface area contributed by atoms with E-state index in [9.17, 15) is 4.79 Å². The zero-order valence-electron chi connectivity index (χ0n) is 8.60. The first-order valence-electron chi connectivity index (χ1n) is 5.22. The summed E-state index contributed by atoms with van der Waals surface area (Å²) in [6.07, 6.45) is 3.47. The molecule has 2 rings (SSSR count). The molecular weight excluding hydrogens is 190 g/mol. The Kier molecular flexibility index (Phi) is 2.85. The van der Waals surface area contributed by atoms with Crippen LogP contribution in [0.3, 0.4) is 0 Å². The molecule has 0 unspecified atom stereocenters. The third-order valence-corrected chi connectivity index (χ3v) is 2.87. The van der Waals surface area contributed by atoms with Crippen molar-refractivity contribution in [1.29, 1.82) is 0 Å². The Morgan fingerprint density at radius 1 is 1.40 bits per heavy atom. The van der Waals surface area contributed by atoms with Gasteiger partial charge in [-0.3, -0.25) is 4.79 Å². The molecule has 1 aliphatic rings. The quantitative estimate of drug-likeness (QED) is 0.776. The molecule has 0 spiro atoms. The number of rotatable bonds is 2. The fourth-order valence-corrected chi connectivity index (χ4v) is 1.93. The number of aromatic nitrogens is 1. The minimum absolute atomic E-state index is 0.0463. The van der Waals surface area contributed by atoms with Crippen LogP contribution in [0.1, 0.15) is 12.8 Å². The van der Waals surface area contributed by atoms with Gasteiger partial charge >= 0.3 is 0 Å². The molecular formula is C11H15N3O. The lowest BCUT2D eigenvalue weighted by Gasteiger charge is -2.31. The van der Waals surface area contributed by atoms with Gasteiger partial charge in [-0.1, -0.05) is 6.07 Å². The van der Waals surface area contributed by atoms with Crippen LogP contribution in [0.25, 0.3) is 0 Å². The molecule has 0 aromatic carbocycles. The maximum Gasteiger partial charge on any atom is 0.220 e. The van der Waals surface area contributed by atoms with Crippen LogP contribution in [0.15, 0.2) is 24.4 Å². The average molecular weight is 205 g/mol. The molecule has 2 N–H and O–H groups in total. The van der Waals surface area contributed by atoms with Crippen LogP contribution < -0.4 is 10.6 Å². The molecule has 0 bridgehead atoms. The van der Waals surface area contributed by atoms with E-state index in [-0.39, 0.29) is 11.8 Å². The minimum atomic E-state index is -0.171. The van der Waals surface area contributed by atoms with Gasteiger partial charge in [0.25, 0.3) is 0 Å². The van der Waals surface area contributed by atoms with Crippen LogP contribution >= 0.6 is 0 Å². The van der Waals surface area contributed by atoms with Gasteiger partial charge in [-0.05, 0) is 25.0 Å². The highest BCUT2D eigenvalue weighted by Gasteiger charge is 2.23. The number of hydrogen-bond acceptors (Lipinski definition) is 3. The molecule has 0 radical (unpaired) electrons. The van der Waals surface area contributed by atoms with E-state index < -0.39 is 0 Å². The van der Waals surface area contributed by atoms with Gasteiger partial charge in [0, 0.05) is 25.2 Å². The fourth-order valence-electron chi connectivity index (χ4n) is 1.93. The van der Waals surface area contributed by atoms with Gasteiger partial charge in [-0.15, -0.1) is 0 Å². The lowest BCUT2D eigenvalue weighted by Crippen LogP contribution is -2.38. The molecule has 4 nitrogen and oxygen atoms in total. The maximum absolute atomic E-state index is 11.0. The van der Waals surface area contributed by atoms with Crippen molar-refractivity contribution in [2.75, 3.05) is 18.0 Å². The lowest BCUT2D eigenvalue weighted by molar-refractivity contribution is -0.122. The number of nitrogens with zero attached hydrogens (tertiary/aromatic N) is 2. The summed E-state index contributed by atoms with van der Waals surface area (Å²) >= 11 is 0. The summed E-state index contributed by atoms with van der Waals surface area (Å²) in [4.78, 5) is 17.5. The summed E-state index contributed by atoms with van der Waals surface area (Å²) in [5.41, 5.74) is 5.28. The third kappa shape index (κ3) is 2.26. The standard InChI is InChI=1S/C11H15N3O/c12-11(15)9-4-7-14(8-5-9)10-3-1-2-6-13-10/h1-3,6,9H,4-5,7-8H2,(H2,12,15). The Bertz CT molecular complexity index is 331.